The third kappa shape index (κ3) is 6.50. The van der Waals surface area contributed by atoms with E-state index in [1.54, 1.807) is 91.0 Å². The molecule has 0 spiro atoms. The van der Waals surface area contributed by atoms with Gasteiger partial charge in [0.15, 0.2) is 18.4 Å². The van der Waals surface area contributed by atoms with Crippen LogP contribution in [0.2, 0.25) is 0 Å². The molecule has 0 saturated carbocycles. The van der Waals surface area contributed by atoms with E-state index >= 15 is 0 Å². The zero-order valence-corrected chi connectivity index (χ0v) is 19.5. The maximum atomic E-state index is 12.9. The van der Waals surface area contributed by atoms with Crippen LogP contribution in [0.4, 0.5) is 4.79 Å². The van der Waals surface area contributed by atoms with Crippen LogP contribution in [0, 0.1) is 0 Å². The highest BCUT2D eigenvalue weighted by molar-refractivity contribution is 5.91. The van der Waals surface area contributed by atoms with Gasteiger partial charge in [0.25, 0.3) is 0 Å². The van der Waals surface area contributed by atoms with E-state index in [2.05, 4.69) is 5.32 Å². The number of nitrogens with one attached hydrogen (secondary N) is 1. The minimum Gasteiger partial charge on any atom is -0.459 e. The number of rotatable bonds is 8. The standard InChI is InChI=1S/C27H24N2O8/c28-27(33)29-23-22(37-26(32)19-14-8-3-9-15-19)21(36-25(31)18-12-6-2-7-13-18)20(35-23)16-34-24(30)17-10-4-1-5-11-17/h1-15,20-23H,16H2,(H3,28,29,33)/t20-,21-,22+,23-/m1/s1. The first-order valence-electron chi connectivity index (χ1n) is 11.4. The van der Waals surface area contributed by atoms with E-state index in [-0.39, 0.29) is 17.7 Å². The fourth-order valence-electron chi connectivity index (χ4n) is 3.74. The van der Waals surface area contributed by atoms with Crippen molar-refractivity contribution in [2.24, 2.45) is 5.73 Å². The van der Waals surface area contributed by atoms with Crippen molar-refractivity contribution in [2.75, 3.05) is 6.61 Å². The van der Waals surface area contributed by atoms with E-state index in [4.69, 9.17) is 24.7 Å². The van der Waals surface area contributed by atoms with Crippen molar-refractivity contribution in [1.82, 2.24) is 5.32 Å². The molecule has 4 rings (SSSR count). The lowest BCUT2D eigenvalue weighted by Gasteiger charge is -2.24. The molecule has 0 aliphatic carbocycles. The third-order valence-electron chi connectivity index (χ3n) is 5.49. The van der Waals surface area contributed by atoms with Crippen LogP contribution in [0.1, 0.15) is 31.1 Å². The second-order valence-electron chi connectivity index (χ2n) is 8.04. The molecule has 3 N–H and O–H groups in total. The van der Waals surface area contributed by atoms with E-state index in [0.717, 1.165) is 0 Å². The lowest BCUT2D eigenvalue weighted by Crippen LogP contribution is -2.49. The summed E-state index contributed by atoms with van der Waals surface area (Å²) in [7, 11) is 0. The van der Waals surface area contributed by atoms with Crippen LogP contribution in [0.25, 0.3) is 0 Å². The van der Waals surface area contributed by atoms with Crippen LogP contribution in [-0.4, -0.2) is 55.1 Å². The zero-order chi connectivity index (χ0) is 26.2. The Bertz CT molecular complexity index is 1240. The quantitative estimate of drug-likeness (QED) is 0.352. The van der Waals surface area contributed by atoms with Gasteiger partial charge in [-0.25, -0.2) is 19.2 Å². The average Bonchev–Trinajstić information content (AvgIpc) is 3.23. The molecule has 2 amide bonds. The van der Waals surface area contributed by atoms with E-state index in [0.29, 0.717) is 5.56 Å². The van der Waals surface area contributed by atoms with Crippen LogP contribution in [0.15, 0.2) is 91.0 Å². The molecule has 37 heavy (non-hydrogen) atoms. The molecule has 1 aliphatic rings. The van der Waals surface area contributed by atoms with Gasteiger partial charge in [-0.1, -0.05) is 54.6 Å². The van der Waals surface area contributed by atoms with Crippen LogP contribution in [-0.2, 0) is 18.9 Å². The van der Waals surface area contributed by atoms with Gasteiger partial charge in [0.1, 0.15) is 12.7 Å². The summed E-state index contributed by atoms with van der Waals surface area (Å²) in [4.78, 5) is 49.9. The molecule has 3 aromatic rings. The van der Waals surface area contributed by atoms with E-state index in [1.807, 2.05) is 0 Å². The van der Waals surface area contributed by atoms with Gasteiger partial charge in [0.2, 0.25) is 0 Å². The Balaban J connectivity index is 1.58. The number of carbonyl (C=O) groups is 4. The summed E-state index contributed by atoms with van der Waals surface area (Å²) in [6, 6.07) is 23.6. The van der Waals surface area contributed by atoms with Gasteiger partial charge in [-0.05, 0) is 36.4 Å². The number of ether oxygens (including phenoxy) is 4. The predicted molar refractivity (Wildman–Crippen MR) is 129 cm³/mol. The van der Waals surface area contributed by atoms with Crippen molar-refractivity contribution in [3.8, 4) is 0 Å². The highest BCUT2D eigenvalue weighted by Gasteiger charge is 2.51. The number of urea groups is 1. The second-order valence-corrected chi connectivity index (χ2v) is 8.04. The summed E-state index contributed by atoms with van der Waals surface area (Å²) >= 11 is 0. The van der Waals surface area contributed by atoms with Crippen LogP contribution in [0.5, 0.6) is 0 Å². The molecule has 0 bridgehead atoms. The first-order chi connectivity index (χ1) is 17.9. The van der Waals surface area contributed by atoms with Crippen molar-refractivity contribution in [3.05, 3.63) is 108 Å². The SMILES string of the molecule is NC(=O)N[C@@H]1O[C@H](COC(=O)c2ccccc2)[C@@H](OC(=O)c2ccccc2)[C@@H]1OC(=O)c1ccccc1. The molecule has 0 unspecified atom stereocenters. The Morgan fingerprint density at radius 1 is 0.676 bits per heavy atom. The largest absolute Gasteiger partial charge is 0.459 e. The molecule has 0 aromatic heterocycles. The highest BCUT2D eigenvalue weighted by atomic mass is 16.7. The minimum atomic E-state index is -1.30. The number of hydrogen-bond acceptors (Lipinski definition) is 8. The predicted octanol–water partition coefficient (Wildman–Crippen LogP) is 2.69. The fraction of sp³-hybridized carbons (Fsp3) is 0.185. The Morgan fingerprint density at radius 3 is 1.57 bits per heavy atom. The summed E-state index contributed by atoms with van der Waals surface area (Å²) in [6.07, 6.45) is -4.92. The topological polar surface area (TPSA) is 143 Å². The van der Waals surface area contributed by atoms with Crippen molar-refractivity contribution in [3.63, 3.8) is 0 Å². The molecule has 4 atom stereocenters. The number of carbonyl (C=O) groups excluding carboxylic acids is 4. The van der Waals surface area contributed by atoms with Crippen LogP contribution in [0.3, 0.4) is 0 Å². The first kappa shape index (κ1) is 25.4. The molecule has 3 aromatic carbocycles. The summed E-state index contributed by atoms with van der Waals surface area (Å²) in [6.45, 7) is -0.364. The number of esters is 3. The number of hydrogen-bond donors (Lipinski definition) is 2. The maximum absolute atomic E-state index is 12.9. The molecule has 1 heterocycles. The monoisotopic (exact) mass is 504 g/mol. The molecule has 190 valence electrons. The summed E-state index contributed by atoms with van der Waals surface area (Å²) in [5.41, 5.74) is 6.06. The zero-order valence-electron chi connectivity index (χ0n) is 19.5. The maximum Gasteiger partial charge on any atom is 0.338 e. The third-order valence-corrected chi connectivity index (χ3v) is 5.49. The molecule has 1 aliphatic heterocycles. The summed E-state index contributed by atoms with van der Waals surface area (Å²) in [5.74, 6) is -2.11. The Kier molecular flexibility index (Phi) is 8.11. The molecular formula is C27H24N2O8. The van der Waals surface area contributed by atoms with E-state index in [9.17, 15) is 19.2 Å². The molecule has 0 radical (unpaired) electrons. The van der Waals surface area contributed by atoms with E-state index in [1.165, 1.54) is 0 Å². The Hall–Kier alpha value is -4.70. The number of nitrogens with two attached hydrogens (primary N) is 1. The van der Waals surface area contributed by atoms with Crippen molar-refractivity contribution in [1.29, 1.82) is 0 Å². The number of primary amides is 1. The van der Waals surface area contributed by atoms with Crippen molar-refractivity contribution < 1.29 is 38.1 Å². The molecule has 10 nitrogen and oxygen atoms in total. The molecule has 1 saturated heterocycles. The van der Waals surface area contributed by atoms with Gasteiger partial charge in [-0.15, -0.1) is 0 Å². The summed E-state index contributed by atoms with van der Waals surface area (Å²) < 4.78 is 22.5. The van der Waals surface area contributed by atoms with E-state index < -0.39 is 48.5 Å². The van der Waals surface area contributed by atoms with Crippen LogP contribution < -0.4 is 11.1 Å². The van der Waals surface area contributed by atoms with Gasteiger partial charge in [0, 0.05) is 0 Å². The van der Waals surface area contributed by atoms with Gasteiger partial charge in [0.05, 0.1) is 16.7 Å². The fourth-order valence-corrected chi connectivity index (χ4v) is 3.74. The smallest absolute Gasteiger partial charge is 0.338 e. The normalized spacial score (nSPS) is 20.4. The molecule has 10 heteroatoms. The van der Waals surface area contributed by atoms with Crippen LogP contribution >= 0.6 is 0 Å². The first-order valence-corrected chi connectivity index (χ1v) is 11.4. The van der Waals surface area contributed by atoms with Crippen molar-refractivity contribution >= 4 is 23.9 Å². The van der Waals surface area contributed by atoms with Crippen molar-refractivity contribution in [2.45, 2.75) is 24.5 Å². The Labute approximate surface area is 212 Å². The number of benzene rings is 3. The highest BCUT2D eigenvalue weighted by Crippen LogP contribution is 2.28. The van der Waals surface area contributed by atoms with Gasteiger partial charge in [-0.2, -0.15) is 0 Å². The minimum absolute atomic E-state index is 0.229. The lowest BCUT2D eigenvalue weighted by atomic mass is 10.1. The average molecular weight is 504 g/mol. The molecular weight excluding hydrogens is 480 g/mol. The second kappa shape index (κ2) is 11.8. The lowest BCUT2D eigenvalue weighted by molar-refractivity contribution is -0.0461. The Morgan fingerprint density at radius 2 is 1.11 bits per heavy atom. The number of amides is 2. The van der Waals surface area contributed by atoms with Gasteiger partial charge >= 0.3 is 23.9 Å². The van der Waals surface area contributed by atoms with Gasteiger partial charge < -0.3 is 30.0 Å². The van der Waals surface area contributed by atoms with Gasteiger partial charge in [-0.3, -0.25) is 0 Å². The summed E-state index contributed by atoms with van der Waals surface area (Å²) in [5, 5.41) is 2.35. The molecule has 1 fully saturated rings.